The minimum absolute atomic E-state index is 0.0241. The van der Waals surface area contributed by atoms with Crippen LogP contribution in [-0.4, -0.2) is 16.9 Å². The number of carbonyl (C=O) groups is 2. The Morgan fingerprint density at radius 3 is 2.46 bits per heavy atom. The van der Waals surface area contributed by atoms with Crippen molar-refractivity contribution < 1.29 is 19.1 Å². The molecule has 0 bridgehead atoms. The van der Waals surface area contributed by atoms with E-state index >= 15 is 0 Å². The molecule has 6 nitrogen and oxygen atoms in total. The molecule has 3 aromatic rings. The largest absolute Gasteiger partial charge is 0.508 e. The maximum Gasteiger partial charge on any atom is 0.291 e. The van der Waals surface area contributed by atoms with E-state index in [-0.39, 0.29) is 17.2 Å². The minimum atomic E-state index is -0.539. The highest BCUT2D eigenvalue weighted by Gasteiger charge is 2.16. The van der Waals surface area contributed by atoms with Gasteiger partial charge in [0.25, 0.3) is 11.8 Å². The van der Waals surface area contributed by atoms with Gasteiger partial charge < -0.3 is 20.2 Å². The number of amides is 2. The summed E-state index contributed by atoms with van der Waals surface area (Å²) in [6.45, 7) is 0. The van der Waals surface area contributed by atoms with Gasteiger partial charge >= 0.3 is 0 Å². The van der Waals surface area contributed by atoms with Crippen molar-refractivity contribution in [1.82, 2.24) is 5.32 Å². The van der Waals surface area contributed by atoms with Crippen molar-refractivity contribution in [3.63, 3.8) is 0 Å². The van der Waals surface area contributed by atoms with Crippen LogP contribution in [0.3, 0.4) is 0 Å². The number of benzene rings is 2. The smallest absolute Gasteiger partial charge is 0.291 e. The highest BCUT2D eigenvalue weighted by atomic mass is 16.3. The lowest BCUT2D eigenvalue weighted by atomic mass is 10.2. The second-order valence-electron chi connectivity index (χ2n) is 5.40. The fourth-order valence-corrected chi connectivity index (χ4v) is 2.25. The number of anilines is 1. The number of carbonyl (C=O) groups excluding carboxylic acids is 2. The molecule has 0 aliphatic rings. The second kappa shape index (κ2) is 7.85. The highest BCUT2D eigenvalue weighted by molar-refractivity contribution is 6.10. The van der Waals surface area contributed by atoms with Gasteiger partial charge in [-0.2, -0.15) is 0 Å². The number of furan rings is 1. The standard InChI is InChI=1S/C20H16N2O4/c23-16-9-4-8-15(13-16)21-19(24)17(12-14-6-2-1-3-7-14)22-20(25)18-10-5-11-26-18/h1-13,23H,(H,21,24)(H,22,25). The van der Waals surface area contributed by atoms with Crippen LogP contribution in [-0.2, 0) is 4.79 Å². The van der Waals surface area contributed by atoms with Crippen LogP contribution in [0.1, 0.15) is 16.1 Å². The topological polar surface area (TPSA) is 91.6 Å². The van der Waals surface area contributed by atoms with Gasteiger partial charge in [-0.25, -0.2) is 0 Å². The Kier molecular flexibility index (Phi) is 5.14. The average Bonchev–Trinajstić information content (AvgIpc) is 3.17. The Morgan fingerprint density at radius 1 is 0.962 bits per heavy atom. The zero-order valence-electron chi connectivity index (χ0n) is 13.7. The Balaban J connectivity index is 1.85. The maximum absolute atomic E-state index is 12.6. The zero-order valence-corrected chi connectivity index (χ0v) is 13.7. The summed E-state index contributed by atoms with van der Waals surface area (Å²) in [4.78, 5) is 24.9. The summed E-state index contributed by atoms with van der Waals surface area (Å²) < 4.78 is 5.06. The van der Waals surface area contributed by atoms with E-state index in [0.29, 0.717) is 5.69 Å². The van der Waals surface area contributed by atoms with Gasteiger partial charge in [-0.1, -0.05) is 36.4 Å². The fraction of sp³-hybridized carbons (Fsp3) is 0. The number of nitrogens with one attached hydrogen (secondary N) is 2. The summed E-state index contributed by atoms with van der Waals surface area (Å²) in [5, 5.41) is 14.7. The third-order valence-electron chi connectivity index (χ3n) is 3.45. The third kappa shape index (κ3) is 4.39. The number of aromatic hydroxyl groups is 1. The van der Waals surface area contributed by atoms with Crippen LogP contribution in [0.2, 0.25) is 0 Å². The first-order chi connectivity index (χ1) is 12.6. The molecule has 0 spiro atoms. The van der Waals surface area contributed by atoms with Crippen LogP contribution in [0, 0.1) is 0 Å². The monoisotopic (exact) mass is 348 g/mol. The molecule has 0 fully saturated rings. The van der Waals surface area contributed by atoms with Crippen molar-refractivity contribution in [1.29, 1.82) is 0 Å². The predicted molar refractivity (Wildman–Crippen MR) is 97.3 cm³/mol. The quantitative estimate of drug-likeness (QED) is 0.616. The van der Waals surface area contributed by atoms with Crippen molar-refractivity contribution in [3.05, 3.63) is 90.0 Å². The molecular weight excluding hydrogens is 332 g/mol. The molecule has 0 saturated carbocycles. The SMILES string of the molecule is O=C(Nc1cccc(O)c1)C(=Cc1ccccc1)NC(=O)c1ccco1. The number of phenolic OH excluding ortho intramolecular Hbond substituents is 1. The van der Waals surface area contributed by atoms with E-state index in [1.54, 1.807) is 36.4 Å². The summed E-state index contributed by atoms with van der Waals surface area (Å²) in [6.07, 6.45) is 2.93. The summed E-state index contributed by atoms with van der Waals surface area (Å²) in [7, 11) is 0. The molecule has 3 rings (SSSR count). The summed E-state index contributed by atoms with van der Waals surface area (Å²) in [5.41, 5.74) is 1.19. The Hall–Kier alpha value is -3.80. The van der Waals surface area contributed by atoms with E-state index in [1.165, 1.54) is 24.5 Å². The van der Waals surface area contributed by atoms with E-state index < -0.39 is 11.8 Å². The molecule has 0 aliphatic heterocycles. The highest BCUT2D eigenvalue weighted by Crippen LogP contribution is 2.16. The normalized spacial score (nSPS) is 11.0. The number of phenols is 1. The molecule has 6 heteroatoms. The van der Waals surface area contributed by atoms with Gasteiger partial charge in [0.15, 0.2) is 5.76 Å². The molecule has 0 atom stereocenters. The molecule has 3 N–H and O–H groups in total. The van der Waals surface area contributed by atoms with E-state index in [4.69, 9.17) is 4.42 Å². The number of hydrogen-bond donors (Lipinski definition) is 3. The molecule has 0 saturated heterocycles. The van der Waals surface area contributed by atoms with E-state index in [1.807, 2.05) is 18.2 Å². The van der Waals surface area contributed by atoms with Crippen LogP contribution < -0.4 is 10.6 Å². The van der Waals surface area contributed by atoms with Gasteiger partial charge in [0, 0.05) is 11.8 Å². The summed E-state index contributed by atoms with van der Waals surface area (Å²) >= 11 is 0. The van der Waals surface area contributed by atoms with Crippen molar-refractivity contribution in [3.8, 4) is 5.75 Å². The molecule has 1 heterocycles. The Morgan fingerprint density at radius 2 is 1.77 bits per heavy atom. The molecule has 1 aromatic heterocycles. The Labute approximate surface area is 149 Å². The van der Waals surface area contributed by atoms with Crippen molar-refractivity contribution in [2.45, 2.75) is 0 Å². The summed E-state index contributed by atoms with van der Waals surface area (Å²) in [5.74, 6) is -0.951. The van der Waals surface area contributed by atoms with Gasteiger partial charge in [-0.3, -0.25) is 9.59 Å². The van der Waals surface area contributed by atoms with Gasteiger partial charge in [-0.15, -0.1) is 0 Å². The molecule has 2 amide bonds. The lowest BCUT2D eigenvalue weighted by molar-refractivity contribution is -0.113. The Bertz CT molecular complexity index is 931. The predicted octanol–water partition coefficient (Wildman–Crippen LogP) is 3.39. The first-order valence-electron chi connectivity index (χ1n) is 7.84. The first kappa shape index (κ1) is 17.0. The van der Waals surface area contributed by atoms with Crippen LogP contribution in [0.5, 0.6) is 5.75 Å². The van der Waals surface area contributed by atoms with E-state index in [9.17, 15) is 14.7 Å². The van der Waals surface area contributed by atoms with Crippen LogP contribution >= 0.6 is 0 Å². The van der Waals surface area contributed by atoms with Crippen LogP contribution in [0.15, 0.2) is 83.1 Å². The molecule has 2 aromatic carbocycles. The fourth-order valence-electron chi connectivity index (χ4n) is 2.25. The molecule has 0 radical (unpaired) electrons. The maximum atomic E-state index is 12.6. The first-order valence-corrected chi connectivity index (χ1v) is 7.84. The molecule has 0 aliphatic carbocycles. The van der Waals surface area contributed by atoms with Crippen molar-refractivity contribution in [2.75, 3.05) is 5.32 Å². The van der Waals surface area contributed by atoms with Crippen molar-refractivity contribution in [2.24, 2.45) is 0 Å². The van der Waals surface area contributed by atoms with Gasteiger partial charge in [-0.05, 0) is 35.9 Å². The van der Waals surface area contributed by atoms with Crippen LogP contribution in [0.25, 0.3) is 6.08 Å². The summed E-state index contributed by atoms with van der Waals surface area (Å²) in [6, 6.07) is 18.3. The second-order valence-corrected chi connectivity index (χ2v) is 5.40. The lowest BCUT2D eigenvalue weighted by Crippen LogP contribution is -2.30. The van der Waals surface area contributed by atoms with Gasteiger partial charge in [0.1, 0.15) is 11.4 Å². The van der Waals surface area contributed by atoms with Gasteiger partial charge in [0.2, 0.25) is 0 Å². The van der Waals surface area contributed by atoms with Crippen LogP contribution in [0.4, 0.5) is 5.69 Å². The van der Waals surface area contributed by atoms with E-state index in [0.717, 1.165) is 5.56 Å². The number of hydrogen-bond acceptors (Lipinski definition) is 4. The molecular formula is C20H16N2O4. The van der Waals surface area contributed by atoms with Gasteiger partial charge in [0.05, 0.1) is 6.26 Å². The zero-order chi connectivity index (χ0) is 18.4. The van der Waals surface area contributed by atoms with Crippen molar-refractivity contribution >= 4 is 23.6 Å². The molecule has 26 heavy (non-hydrogen) atoms. The lowest BCUT2D eigenvalue weighted by Gasteiger charge is -2.10. The average molecular weight is 348 g/mol. The third-order valence-corrected chi connectivity index (χ3v) is 3.45. The minimum Gasteiger partial charge on any atom is -0.508 e. The van der Waals surface area contributed by atoms with E-state index in [2.05, 4.69) is 10.6 Å². The molecule has 130 valence electrons. The number of rotatable bonds is 5. The molecule has 0 unspecified atom stereocenters.